The molecular weight excluding hydrogens is 378 g/mol. The summed E-state index contributed by atoms with van der Waals surface area (Å²) in [6.45, 7) is 2.23. The van der Waals surface area contributed by atoms with Crippen molar-refractivity contribution in [2.75, 3.05) is 0 Å². The Bertz CT molecular complexity index is 966. The number of benzene rings is 1. The van der Waals surface area contributed by atoms with E-state index in [1.54, 1.807) is 32.2 Å². The van der Waals surface area contributed by atoms with Crippen LogP contribution >= 0.6 is 34.7 Å². The molecule has 0 fully saturated rings. The average Bonchev–Trinajstić information content (AvgIpc) is 3.07. The van der Waals surface area contributed by atoms with Crippen molar-refractivity contribution in [3.8, 4) is 0 Å². The lowest BCUT2D eigenvalue weighted by molar-refractivity contribution is -0.120. The van der Waals surface area contributed by atoms with Gasteiger partial charge in [0.15, 0.2) is 5.16 Å². The number of rotatable bonds is 5. The highest BCUT2D eigenvalue weighted by Crippen LogP contribution is 2.24. The van der Waals surface area contributed by atoms with Crippen LogP contribution in [0.25, 0.3) is 10.2 Å². The predicted octanol–water partition coefficient (Wildman–Crippen LogP) is 3.45. The number of hydrogen-bond donors (Lipinski definition) is 1. The van der Waals surface area contributed by atoms with E-state index in [-0.39, 0.29) is 16.7 Å². The Balaban J connectivity index is 1.68. The summed E-state index contributed by atoms with van der Waals surface area (Å²) < 4.78 is 1.49. The summed E-state index contributed by atoms with van der Waals surface area (Å²) in [5.41, 5.74) is 0.878. The number of thiophene rings is 1. The molecule has 0 saturated heterocycles. The van der Waals surface area contributed by atoms with Gasteiger partial charge >= 0.3 is 0 Å². The minimum absolute atomic E-state index is 0.0949. The molecule has 5 nitrogen and oxygen atoms in total. The number of amides is 1. The molecule has 1 aromatic carbocycles. The second-order valence-corrected chi connectivity index (χ2v) is 8.14. The SMILES string of the molecule is CC(Sc1nc2sccc2c(=O)n1C)C(=O)NCc1ccc(Cl)cc1. The quantitative estimate of drug-likeness (QED) is 0.532. The van der Waals surface area contributed by atoms with Gasteiger partial charge in [0.25, 0.3) is 5.56 Å². The average molecular weight is 394 g/mol. The molecule has 2 aromatic heterocycles. The molecule has 0 aliphatic heterocycles. The molecule has 25 heavy (non-hydrogen) atoms. The summed E-state index contributed by atoms with van der Waals surface area (Å²) in [4.78, 5) is 29.8. The normalized spacial score (nSPS) is 12.3. The van der Waals surface area contributed by atoms with Crippen LogP contribution in [0, 0.1) is 0 Å². The highest BCUT2D eigenvalue weighted by Gasteiger charge is 2.18. The van der Waals surface area contributed by atoms with Crippen LogP contribution in [0.4, 0.5) is 0 Å². The van der Waals surface area contributed by atoms with E-state index in [1.165, 1.54) is 27.7 Å². The van der Waals surface area contributed by atoms with Crippen LogP contribution in [0.2, 0.25) is 5.02 Å². The van der Waals surface area contributed by atoms with Gasteiger partial charge in [-0.2, -0.15) is 0 Å². The van der Waals surface area contributed by atoms with Crippen LogP contribution in [0.1, 0.15) is 12.5 Å². The van der Waals surface area contributed by atoms with Gasteiger partial charge in [-0.25, -0.2) is 4.98 Å². The van der Waals surface area contributed by atoms with Crippen molar-refractivity contribution < 1.29 is 4.79 Å². The molecule has 1 N–H and O–H groups in total. The Morgan fingerprint density at radius 3 is 2.80 bits per heavy atom. The van der Waals surface area contributed by atoms with Crippen LogP contribution in [-0.4, -0.2) is 20.7 Å². The number of carbonyl (C=O) groups is 1. The van der Waals surface area contributed by atoms with Crippen molar-refractivity contribution in [3.05, 3.63) is 56.7 Å². The van der Waals surface area contributed by atoms with E-state index in [0.29, 0.717) is 26.9 Å². The molecule has 0 saturated carbocycles. The first-order valence-corrected chi connectivity index (χ1v) is 9.72. The van der Waals surface area contributed by atoms with Gasteiger partial charge in [0, 0.05) is 18.6 Å². The Kier molecular flexibility index (Phi) is 5.46. The maximum Gasteiger partial charge on any atom is 0.262 e. The standard InChI is InChI=1S/C17H16ClN3O2S2/c1-10(14(22)19-9-11-3-5-12(18)6-4-11)25-17-20-15-13(7-8-24-15)16(23)21(17)2/h3-8,10H,9H2,1-2H3,(H,19,22). The number of nitrogens with zero attached hydrogens (tertiary/aromatic N) is 2. The second-order valence-electron chi connectivity index (χ2n) is 5.50. The second kappa shape index (κ2) is 7.59. The first-order valence-electron chi connectivity index (χ1n) is 7.59. The number of halogens is 1. The Labute approximate surface area is 158 Å². The molecule has 3 rings (SSSR count). The van der Waals surface area contributed by atoms with Gasteiger partial charge in [0.2, 0.25) is 5.91 Å². The summed E-state index contributed by atoms with van der Waals surface area (Å²) >= 11 is 8.54. The van der Waals surface area contributed by atoms with Crippen molar-refractivity contribution >= 4 is 50.8 Å². The molecule has 0 spiro atoms. The zero-order valence-corrected chi connectivity index (χ0v) is 16.0. The van der Waals surface area contributed by atoms with Gasteiger partial charge in [-0.05, 0) is 36.1 Å². The summed E-state index contributed by atoms with van der Waals surface area (Å²) in [5.74, 6) is -0.111. The Hall–Kier alpha value is -1.83. The molecule has 0 radical (unpaired) electrons. The zero-order chi connectivity index (χ0) is 18.0. The molecule has 2 heterocycles. The van der Waals surface area contributed by atoms with Crippen LogP contribution in [0.15, 0.2) is 45.7 Å². The first-order chi connectivity index (χ1) is 12.0. The van der Waals surface area contributed by atoms with Crippen LogP contribution in [-0.2, 0) is 18.4 Å². The maximum absolute atomic E-state index is 12.3. The summed E-state index contributed by atoms with van der Waals surface area (Å²) in [5, 5.41) is 6.17. The van der Waals surface area contributed by atoms with E-state index in [1.807, 2.05) is 17.5 Å². The van der Waals surface area contributed by atoms with Crippen molar-refractivity contribution in [3.63, 3.8) is 0 Å². The summed E-state index contributed by atoms with van der Waals surface area (Å²) in [7, 11) is 1.67. The molecule has 8 heteroatoms. The number of hydrogen-bond acceptors (Lipinski definition) is 5. The third kappa shape index (κ3) is 4.05. The fourth-order valence-electron chi connectivity index (χ4n) is 2.23. The molecule has 3 aromatic rings. The number of aromatic nitrogens is 2. The largest absolute Gasteiger partial charge is 0.351 e. The molecule has 1 amide bonds. The Morgan fingerprint density at radius 1 is 1.36 bits per heavy atom. The van der Waals surface area contributed by atoms with Crippen molar-refractivity contribution in [2.24, 2.45) is 7.05 Å². The lowest BCUT2D eigenvalue weighted by Gasteiger charge is -2.13. The molecule has 1 atom stereocenters. The molecule has 0 bridgehead atoms. The minimum atomic E-state index is -0.372. The summed E-state index contributed by atoms with van der Waals surface area (Å²) in [6.07, 6.45) is 0. The molecule has 1 unspecified atom stereocenters. The van der Waals surface area contributed by atoms with Gasteiger partial charge in [-0.15, -0.1) is 11.3 Å². The van der Waals surface area contributed by atoms with Gasteiger partial charge in [0.1, 0.15) is 4.83 Å². The zero-order valence-electron chi connectivity index (χ0n) is 13.7. The first kappa shape index (κ1) is 18.0. The number of nitrogens with one attached hydrogen (secondary N) is 1. The van der Waals surface area contributed by atoms with Crippen LogP contribution < -0.4 is 10.9 Å². The molecular formula is C17H16ClN3O2S2. The highest BCUT2D eigenvalue weighted by atomic mass is 35.5. The fraction of sp³-hybridized carbons (Fsp3) is 0.235. The Morgan fingerprint density at radius 2 is 2.08 bits per heavy atom. The maximum atomic E-state index is 12.3. The van der Waals surface area contributed by atoms with Crippen LogP contribution in [0.5, 0.6) is 0 Å². The van der Waals surface area contributed by atoms with E-state index >= 15 is 0 Å². The van der Waals surface area contributed by atoms with E-state index < -0.39 is 0 Å². The van der Waals surface area contributed by atoms with Crippen molar-refractivity contribution in [1.82, 2.24) is 14.9 Å². The van der Waals surface area contributed by atoms with Gasteiger partial charge in [-0.1, -0.05) is 35.5 Å². The third-order valence-corrected chi connectivity index (χ3v) is 5.90. The van der Waals surface area contributed by atoms with Crippen LogP contribution in [0.3, 0.4) is 0 Å². The fourth-order valence-corrected chi connectivity index (χ4v) is 4.06. The van der Waals surface area contributed by atoms with E-state index in [2.05, 4.69) is 10.3 Å². The van der Waals surface area contributed by atoms with Gasteiger partial charge < -0.3 is 5.32 Å². The molecule has 0 aliphatic carbocycles. The predicted molar refractivity (Wildman–Crippen MR) is 103 cm³/mol. The lowest BCUT2D eigenvalue weighted by Crippen LogP contribution is -2.31. The third-order valence-electron chi connectivity index (χ3n) is 3.70. The van der Waals surface area contributed by atoms with Crippen molar-refractivity contribution in [2.45, 2.75) is 23.9 Å². The van der Waals surface area contributed by atoms with Gasteiger partial charge in [0.05, 0.1) is 10.6 Å². The topological polar surface area (TPSA) is 64.0 Å². The number of fused-ring (bicyclic) bond motifs is 1. The minimum Gasteiger partial charge on any atom is -0.351 e. The molecule has 130 valence electrons. The highest BCUT2D eigenvalue weighted by molar-refractivity contribution is 8.00. The number of thioether (sulfide) groups is 1. The van der Waals surface area contributed by atoms with E-state index in [0.717, 1.165) is 5.56 Å². The smallest absolute Gasteiger partial charge is 0.262 e. The van der Waals surface area contributed by atoms with E-state index in [9.17, 15) is 9.59 Å². The van der Waals surface area contributed by atoms with Crippen molar-refractivity contribution in [1.29, 1.82) is 0 Å². The lowest BCUT2D eigenvalue weighted by atomic mass is 10.2. The number of carbonyl (C=O) groups excluding carboxylic acids is 1. The summed E-state index contributed by atoms with van der Waals surface area (Å²) in [6, 6.07) is 9.09. The van der Waals surface area contributed by atoms with E-state index in [4.69, 9.17) is 11.6 Å². The molecule has 0 aliphatic rings. The monoisotopic (exact) mass is 393 g/mol. The van der Waals surface area contributed by atoms with Gasteiger partial charge in [-0.3, -0.25) is 14.2 Å².